The molecule has 0 unspecified atom stereocenters. The van der Waals surface area contributed by atoms with E-state index in [-0.39, 0.29) is 11.5 Å². The Balaban J connectivity index is 1.41. The Kier molecular flexibility index (Phi) is 5.03. The highest BCUT2D eigenvalue weighted by atomic mass is 35.5. The van der Waals surface area contributed by atoms with Crippen molar-refractivity contribution in [3.63, 3.8) is 0 Å². The minimum Gasteiger partial charge on any atom is -0.336 e. The number of hydrogen-bond donors (Lipinski definition) is 0. The average Bonchev–Trinajstić information content (AvgIpc) is 2.97. The molecule has 1 amide bonds. The number of aromatic nitrogens is 3. The summed E-state index contributed by atoms with van der Waals surface area (Å²) in [6.45, 7) is 5.27. The Bertz CT molecular complexity index is 1040. The van der Waals surface area contributed by atoms with E-state index in [1.165, 1.54) is 18.2 Å². The smallest absolute Gasteiger partial charge is 0.256 e. The van der Waals surface area contributed by atoms with Crippen LogP contribution in [0.4, 0.5) is 4.39 Å². The fourth-order valence-electron chi connectivity index (χ4n) is 3.64. The number of benzene rings is 1. The van der Waals surface area contributed by atoms with E-state index in [4.69, 9.17) is 11.6 Å². The SMILES string of the molecule is Cc1nn(C)c2ncc(CN3CCN(C(=O)c4cc(Cl)ccc4F)CC3)cc12. The van der Waals surface area contributed by atoms with Crippen LogP contribution in [0.1, 0.15) is 21.6 Å². The van der Waals surface area contributed by atoms with E-state index in [0.29, 0.717) is 18.1 Å². The maximum Gasteiger partial charge on any atom is 0.256 e. The summed E-state index contributed by atoms with van der Waals surface area (Å²) in [4.78, 5) is 21.1. The molecule has 0 bridgehead atoms. The van der Waals surface area contributed by atoms with E-state index in [9.17, 15) is 9.18 Å². The maximum absolute atomic E-state index is 14.0. The van der Waals surface area contributed by atoms with Crippen molar-refractivity contribution >= 4 is 28.5 Å². The molecule has 0 aliphatic carbocycles. The zero-order valence-electron chi connectivity index (χ0n) is 15.8. The lowest BCUT2D eigenvalue weighted by atomic mass is 10.1. The number of carbonyl (C=O) groups is 1. The summed E-state index contributed by atoms with van der Waals surface area (Å²) < 4.78 is 15.8. The van der Waals surface area contributed by atoms with Gasteiger partial charge in [0, 0.05) is 56.4 Å². The Morgan fingerprint density at radius 2 is 1.96 bits per heavy atom. The number of aryl methyl sites for hydroxylation is 2. The van der Waals surface area contributed by atoms with Crippen molar-refractivity contribution in [1.29, 1.82) is 0 Å². The average molecular weight is 402 g/mol. The van der Waals surface area contributed by atoms with Gasteiger partial charge in [-0.3, -0.25) is 14.4 Å². The molecular formula is C20H21ClFN5O. The van der Waals surface area contributed by atoms with Crippen molar-refractivity contribution in [3.05, 3.63) is 58.1 Å². The van der Waals surface area contributed by atoms with E-state index in [1.807, 2.05) is 20.2 Å². The van der Waals surface area contributed by atoms with Crippen molar-refractivity contribution in [2.75, 3.05) is 26.2 Å². The summed E-state index contributed by atoms with van der Waals surface area (Å²) >= 11 is 5.91. The molecule has 28 heavy (non-hydrogen) atoms. The molecule has 2 aromatic heterocycles. The number of halogens is 2. The van der Waals surface area contributed by atoms with Gasteiger partial charge in [-0.15, -0.1) is 0 Å². The summed E-state index contributed by atoms with van der Waals surface area (Å²) in [5, 5.41) is 5.82. The number of fused-ring (bicyclic) bond motifs is 1. The van der Waals surface area contributed by atoms with Crippen molar-refractivity contribution in [1.82, 2.24) is 24.6 Å². The molecule has 3 aromatic rings. The number of rotatable bonds is 3. The molecule has 1 saturated heterocycles. The third-order valence-electron chi connectivity index (χ3n) is 5.14. The predicted octanol–water partition coefficient (Wildman–Crippen LogP) is 3.03. The molecular weight excluding hydrogens is 381 g/mol. The van der Waals surface area contributed by atoms with Crippen LogP contribution in [0.5, 0.6) is 0 Å². The monoisotopic (exact) mass is 401 g/mol. The minimum absolute atomic E-state index is 0.0302. The van der Waals surface area contributed by atoms with E-state index in [0.717, 1.165) is 41.9 Å². The van der Waals surface area contributed by atoms with E-state index in [1.54, 1.807) is 9.58 Å². The Hall–Kier alpha value is -2.51. The molecule has 4 rings (SSSR count). The van der Waals surface area contributed by atoms with Crippen molar-refractivity contribution < 1.29 is 9.18 Å². The summed E-state index contributed by atoms with van der Waals surface area (Å²) in [6, 6.07) is 6.20. The lowest BCUT2D eigenvalue weighted by Gasteiger charge is -2.34. The van der Waals surface area contributed by atoms with Crippen LogP contribution in [-0.2, 0) is 13.6 Å². The highest BCUT2D eigenvalue weighted by Crippen LogP contribution is 2.20. The van der Waals surface area contributed by atoms with Gasteiger partial charge < -0.3 is 4.90 Å². The van der Waals surface area contributed by atoms with Crippen LogP contribution >= 0.6 is 11.6 Å². The second kappa shape index (κ2) is 7.48. The molecule has 1 aromatic carbocycles. The number of nitrogens with zero attached hydrogens (tertiary/aromatic N) is 5. The number of hydrogen-bond acceptors (Lipinski definition) is 4. The standard InChI is InChI=1S/C20H21ClFN5O/c1-13-16-9-14(11-23-19(16)25(2)24-13)12-26-5-7-27(8-6-26)20(28)17-10-15(21)3-4-18(17)22/h3-4,9-11H,5-8,12H2,1-2H3. The first-order chi connectivity index (χ1) is 13.4. The van der Waals surface area contributed by atoms with Crippen LogP contribution in [0.25, 0.3) is 11.0 Å². The van der Waals surface area contributed by atoms with Gasteiger partial charge in [0.05, 0.1) is 11.3 Å². The molecule has 0 saturated carbocycles. The lowest BCUT2D eigenvalue weighted by molar-refractivity contribution is 0.0624. The molecule has 6 nitrogen and oxygen atoms in total. The largest absolute Gasteiger partial charge is 0.336 e. The van der Waals surface area contributed by atoms with E-state index >= 15 is 0 Å². The van der Waals surface area contributed by atoms with Crippen molar-refractivity contribution in [3.8, 4) is 0 Å². The number of pyridine rings is 1. The first-order valence-electron chi connectivity index (χ1n) is 9.17. The van der Waals surface area contributed by atoms with Gasteiger partial charge in [0.15, 0.2) is 5.65 Å². The molecule has 8 heteroatoms. The Morgan fingerprint density at radius 1 is 1.21 bits per heavy atom. The molecule has 0 spiro atoms. The second-order valence-electron chi connectivity index (χ2n) is 7.12. The van der Waals surface area contributed by atoms with Crippen molar-refractivity contribution in [2.45, 2.75) is 13.5 Å². The highest BCUT2D eigenvalue weighted by Gasteiger charge is 2.24. The molecule has 0 radical (unpaired) electrons. The highest BCUT2D eigenvalue weighted by molar-refractivity contribution is 6.31. The van der Waals surface area contributed by atoms with Gasteiger partial charge in [-0.05, 0) is 36.8 Å². The van der Waals surface area contributed by atoms with Crippen LogP contribution in [0.15, 0.2) is 30.5 Å². The van der Waals surface area contributed by atoms with Gasteiger partial charge in [-0.2, -0.15) is 5.10 Å². The van der Waals surface area contributed by atoms with Gasteiger partial charge >= 0.3 is 0 Å². The lowest BCUT2D eigenvalue weighted by Crippen LogP contribution is -2.48. The van der Waals surface area contributed by atoms with Crippen LogP contribution in [0.3, 0.4) is 0 Å². The normalized spacial score (nSPS) is 15.4. The molecule has 146 valence electrons. The molecule has 0 atom stereocenters. The Morgan fingerprint density at radius 3 is 2.71 bits per heavy atom. The first kappa shape index (κ1) is 18.8. The van der Waals surface area contributed by atoms with E-state index in [2.05, 4.69) is 21.0 Å². The zero-order valence-corrected chi connectivity index (χ0v) is 16.6. The first-order valence-corrected chi connectivity index (χ1v) is 9.55. The van der Waals surface area contributed by atoms with Crippen LogP contribution in [0.2, 0.25) is 5.02 Å². The quantitative estimate of drug-likeness (QED) is 0.677. The summed E-state index contributed by atoms with van der Waals surface area (Å²) in [5.74, 6) is -0.850. The molecule has 0 N–H and O–H groups in total. The molecule has 1 aliphatic rings. The van der Waals surface area contributed by atoms with Gasteiger partial charge in [0.25, 0.3) is 5.91 Å². The summed E-state index contributed by atoms with van der Waals surface area (Å²) in [5.41, 5.74) is 2.98. The molecule has 3 heterocycles. The fourth-order valence-corrected chi connectivity index (χ4v) is 3.81. The van der Waals surface area contributed by atoms with Gasteiger partial charge in [0.1, 0.15) is 5.82 Å². The maximum atomic E-state index is 14.0. The molecule has 1 fully saturated rings. The summed E-state index contributed by atoms with van der Waals surface area (Å²) in [6.07, 6.45) is 1.88. The minimum atomic E-state index is -0.539. The van der Waals surface area contributed by atoms with Crippen LogP contribution in [0, 0.1) is 12.7 Å². The van der Waals surface area contributed by atoms with Gasteiger partial charge in [-0.1, -0.05) is 11.6 Å². The number of piperazine rings is 1. The number of carbonyl (C=O) groups excluding carboxylic acids is 1. The third kappa shape index (κ3) is 3.59. The van der Waals surface area contributed by atoms with Crippen molar-refractivity contribution in [2.24, 2.45) is 7.05 Å². The van der Waals surface area contributed by atoms with Gasteiger partial charge in [-0.25, -0.2) is 9.37 Å². The van der Waals surface area contributed by atoms with Gasteiger partial charge in [0.2, 0.25) is 0 Å². The van der Waals surface area contributed by atoms with E-state index < -0.39 is 5.82 Å². The predicted molar refractivity (Wildman–Crippen MR) is 106 cm³/mol. The van der Waals surface area contributed by atoms with Crippen LogP contribution < -0.4 is 0 Å². The zero-order chi connectivity index (χ0) is 19.8. The topological polar surface area (TPSA) is 54.3 Å². The fraction of sp³-hybridized carbons (Fsp3) is 0.350. The third-order valence-corrected chi connectivity index (χ3v) is 5.38. The summed E-state index contributed by atoms with van der Waals surface area (Å²) in [7, 11) is 1.89. The number of amides is 1. The second-order valence-corrected chi connectivity index (χ2v) is 7.55. The Labute approximate surface area is 167 Å². The molecule has 1 aliphatic heterocycles. The van der Waals surface area contributed by atoms with Crippen LogP contribution in [-0.4, -0.2) is 56.7 Å².